The molecule has 2 aliphatic rings. The molecule has 19 heavy (non-hydrogen) atoms. The minimum Gasteiger partial charge on any atom is -0.356 e. The van der Waals surface area contributed by atoms with Gasteiger partial charge in [-0.2, -0.15) is 0 Å². The molecule has 0 amide bonds. The first-order valence-electron chi connectivity index (χ1n) is 7.40. The Kier molecular flexibility index (Phi) is 3.94. The molecular weight excluding hydrogens is 258 g/mol. The van der Waals surface area contributed by atoms with Crippen molar-refractivity contribution < 1.29 is 0 Å². The average molecular weight is 280 g/mol. The van der Waals surface area contributed by atoms with Gasteiger partial charge in [-0.1, -0.05) is 24.9 Å². The lowest BCUT2D eigenvalue weighted by molar-refractivity contribution is 0.568. The van der Waals surface area contributed by atoms with Crippen LogP contribution in [0.25, 0.3) is 0 Å². The van der Waals surface area contributed by atoms with Crippen molar-refractivity contribution in [2.24, 2.45) is 5.92 Å². The Hall–Kier alpha value is -0.800. The van der Waals surface area contributed by atoms with Gasteiger partial charge >= 0.3 is 0 Å². The van der Waals surface area contributed by atoms with Crippen molar-refractivity contribution in [3.8, 4) is 0 Å². The van der Waals surface area contributed by atoms with Gasteiger partial charge in [0.25, 0.3) is 0 Å². The SMILES string of the molecule is CCC1CCN(c2ccc(Cl)c(CNC3CC3)n2)C1. The monoisotopic (exact) mass is 279 g/mol. The van der Waals surface area contributed by atoms with Crippen LogP contribution in [0.15, 0.2) is 12.1 Å². The number of hydrogen-bond acceptors (Lipinski definition) is 3. The van der Waals surface area contributed by atoms with E-state index < -0.39 is 0 Å². The molecule has 1 saturated carbocycles. The molecule has 1 N–H and O–H groups in total. The molecule has 3 nitrogen and oxygen atoms in total. The van der Waals surface area contributed by atoms with Crippen molar-refractivity contribution in [3.05, 3.63) is 22.8 Å². The highest BCUT2D eigenvalue weighted by atomic mass is 35.5. The van der Waals surface area contributed by atoms with Gasteiger partial charge in [0, 0.05) is 25.7 Å². The summed E-state index contributed by atoms with van der Waals surface area (Å²) in [7, 11) is 0. The predicted molar refractivity (Wildman–Crippen MR) is 79.7 cm³/mol. The number of aromatic nitrogens is 1. The van der Waals surface area contributed by atoms with Crippen LogP contribution in [0.2, 0.25) is 5.02 Å². The molecule has 0 spiro atoms. The van der Waals surface area contributed by atoms with Gasteiger partial charge in [-0.25, -0.2) is 4.98 Å². The van der Waals surface area contributed by atoms with Crippen molar-refractivity contribution in [2.75, 3.05) is 18.0 Å². The molecule has 3 rings (SSSR count). The maximum absolute atomic E-state index is 6.24. The molecule has 1 unspecified atom stereocenters. The molecule has 104 valence electrons. The summed E-state index contributed by atoms with van der Waals surface area (Å²) in [5.41, 5.74) is 0.992. The normalized spacial score (nSPS) is 23.1. The van der Waals surface area contributed by atoms with Crippen LogP contribution >= 0.6 is 11.6 Å². The molecule has 1 aromatic rings. The zero-order valence-corrected chi connectivity index (χ0v) is 12.3. The summed E-state index contributed by atoms with van der Waals surface area (Å²) in [4.78, 5) is 7.15. The van der Waals surface area contributed by atoms with E-state index in [9.17, 15) is 0 Å². The molecular formula is C15H22ClN3. The van der Waals surface area contributed by atoms with E-state index >= 15 is 0 Å². The van der Waals surface area contributed by atoms with Crippen LogP contribution in [-0.2, 0) is 6.54 Å². The topological polar surface area (TPSA) is 28.2 Å². The molecule has 0 radical (unpaired) electrons. The number of rotatable bonds is 5. The first kappa shape index (κ1) is 13.2. The van der Waals surface area contributed by atoms with E-state index in [1.165, 1.54) is 25.7 Å². The highest BCUT2D eigenvalue weighted by Crippen LogP contribution is 2.27. The third kappa shape index (κ3) is 3.21. The van der Waals surface area contributed by atoms with Gasteiger partial charge in [-0.15, -0.1) is 0 Å². The molecule has 1 aliphatic heterocycles. The van der Waals surface area contributed by atoms with Crippen molar-refractivity contribution in [3.63, 3.8) is 0 Å². The predicted octanol–water partition coefficient (Wildman–Crippen LogP) is 3.22. The molecule has 2 fully saturated rings. The summed E-state index contributed by atoms with van der Waals surface area (Å²) in [6.45, 7) is 5.33. The quantitative estimate of drug-likeness (QED) is 0.897. The Bertz CT molecular complexity index is 445. The number of hydrogen-bond donors (Lipinski definition) is 1. The van der Waals surface area contributed by atoms with Crippen molar-refractivity contribution in [2.45, 2.75) is 45.2 Å². The molecule has 1 atom stereocenters. The molecule has 1 saturated heterocycles. The molecule has 1 aliphatic carbocycles. The first-order chi connectivity index (χ1) is 9.26. The van der Waals surface area contributed by atoms with Crippen LogP contribution in [0.5, 0.6) is 0 Å². The Morgan fingerprint density at radius 1 is 1.37 bits per heavy atom. The summed E-state index contributed by atoms with van der Waals surface area (Å²) < 4.78 is 0. The van der Waals surface area contributed by atoms with Gasteiger partial charge < -0.3 is 10.2 Å². The van der Waals surface area contributed by atoms with E-state index in [0.29, 0.717) is 6.04 Å². The highest BCUT2D eigenvalue weighted by molar-refractivity contribution is 6.31. The zero-order valence-electron chi connectivity index (χ0n) is 11.5. The fraction of sp³-hybridized carbons (Fsp3) is 0.667. The second kappa shape index (κ2) is 5.68. The minimum absolute atomic E-state index is 0.692. The van der Waals surface area contributed by atoms with Crippen molar-refractivity contribution >= 4 is 17.4 Å². The van der Waals surface area contributed by atoms with Crippen LogP contribution in [0.3, 0.4) is 0 Å². The zero-order chi connectivity index (χ0) is 13.2. The first-order valence-corrected chi connectivity index (χ1v) is 7.78. The Balaban J connectivity index is 1.69. The van der Waals surface area contributed by atoms with Crippen LogP contribution < -0.4 is 10.2 Å². The fourth-order valence-corrected chi connectivity index (χ4v) is 2.85. The third-order valence-corrected chi connectivity index (χ3v) is 4.57. The molecule has 4 heteroatoms. The lowest BCUT2D eigenvalue weighted by Crippen LogP contribution is -2.22. The summed E-state index contributed by atoms with van der Waals surface area (Å²) in [5, 5.41) is 4.27. The molecule has 1 aromatic heterocycles. The summed E-state index contributed by atoms with van der Waals surface area (Å²) in [5.74, 6) is 1.92. The standard InChI is InChI=1S/C15H22ClN3/c1-2-11-7-8-19(10-11)15-6-5-13(16)14(18-15)9-17-12-3-4-12/h5-6,11-12,17H,2-4,7-10H2,1H3. The second-order valence-corrected chi connectivity index (χ2v) is 6.17. The van der Waals surface area contributed by atoms with Gasteiger partial charge in [0.1, 0.15) is 5.82 Å². The molecule has 0 aromatic carbocycles. The van der Waals surface area contributed by atoms with E-state index in [2.05, 4.69) is 23.2 Å². The molecule has 2 heterocycles. The van der Waals surface area contributed by atoms with Crippen LogP contribution in [0, 0.1) is 5.92 Å². The van der Waals surface area contributed by atoms with E-state index in [4.69, 9.17) is 16.6 Å². The number of nitrogens with one attached hydrogen (secondary N) is 1. The van der Waals surface area contributed by atoms with Gasteiger partial charge in [-0.05, 0) is 37.3 Å². The maximum atomic E-state index is 6.24. The van der Waals surface area contributed by atoms with Gasteiger partial charge in [0.15, 0.2) is 0 Å². The minimum atomic E-state index is 0.692. The largest absolute Gasteiger partial charge is 0.356 e. The van der Waals surface area contributed by atoms with Crippen LogP contribution in [0.4, 0.5) is 5.82 Å². The maximum Gasteiger partial charge on any atom is 0.128 e. The Labute approximate surface area is 120 Å². The van der Waals surface area contributed by atoms with E-state index in [0.717, 1.165) is 42.1 Å². The summed E-state index contributed by atoms with van der Waals surface area (Å²) in [6.07, 6.45) is 5.14. The van der Waals surface area contributed by atoms with Crippen LogP contribution in [0.1, 0.15) is 38.3 Å². The fourth-order valence-electron chi connectivity index (χ4n) is 2.68. The number of nitrogens with zero attached hydrogens (tertiary/aromatic N) is 2. The average Bonchev–Trinajstić information content (AvgIpc) is 3.13. The van der Waals surface area contributed by atoms with Gasteiger partial charge in [0.2, 0.25) is 0 Å². The summed E-state index contributed by atoms with van der Waals surface area (Å²) >= 11 is 6.24. The summed E-state index contributed by atoms with van der Waals surface area (Å²) in [6, 6.07) is 4.74. The Morgan fingerprint density at radius 3 is 2.89 bits per heavy atom. The van der Waals surface area contributed by atoms with E-state index in [1.807, 2.05) is 6.07 Å². The molecule has 0 bridgehead atoms. The van der Waals surface area contributed by atoms with Gasteiger partial charge in [-0.3, -0.25) is 0 Å². The van der Waals surface area contributed by atoms with E-state index in [1.54, 1.807) is 0 Å². The van der Waals surface area contributed by atoms with E-state index in [-0.39, 0.29) is 0 Å². The Morgan fingerprint density at radius 2 is 2.21 bits per heavy atom. The number of halogens is 1. The third-order valence-electron chi connectivity index (χ3n) is 4.23. The highest BCUT2D eigenvalue weighted by Gasteiger charge is 2.23. The second-order valence-electron chi connectivity index (χ2n) is 5.76. The van der Waals surface area contributed by atoms with Crippen LogP contribution in [-0.4, -0.2) is 24.1 Å². The van der Waals surface area contributed by atoms with Gasteiger partial charge in [0.05, 0.1) is 10.7 Å². The van der Waals surface area contributed by atoms with Crippen molar-refractivity contribution in [1.29, 1.82) is 0 Å². The number of pyridine rings is 1. The number of anilines is 1. The lowest BCUT2D eigenvalue weighted by Gasteiger charge is -2.18. The van der Waals surface area contributed by atoms with Crippen molar-refractivity contribution in [1.82, 2.24) is 10.3 Å². The lowest BCUT2D eigenvalue weighted by atomic mass is 10.1. The smallest absolute Gasteiger partial charge is 0.128 e.